The average molecular weight is 140 g/mol. The van der Waals surface area contributed by atoms with Crippen molar-refractivity contribution in [2.45, 2.75) is 46.5 Å². The van der Waals surface area contributed by atoms with E-state index >= 15 is 0 Å². The standard InChI is InChI=1S/C10H20/c1-4-6-9-7-10(9)8(3)5-2/h8-10H,4-7H2,1-3H3. The highest BCUT2D eigenvalue weighted by Gasteiger charge is 2.38. The van der Waals surface area contributed by atoms with Crippen molar-refractivity contribution in [2.24, 2.45) is 17.8 Å². The van der Waals surface area contributed by atoms with Crippen LogP contribution in [0.3, 0.4) is 0 Å². The summed E-state index contributed by atoms with van der Waals surface area (Å²) < 4.78 is 0. The molecule has 3 atom stereocenters. The molecule has 0 aliphatic heterocycles. The molecule has 0 spiro atoms. The third-order valence-corrected chi connectivity index (χ3v) is 3.01. The van der Waals surface area contributed by atoms with Crippen LogP contribution in [-0.4, -0.2) is 0 Å². The van der Waals surface area contributed by atoms with Gasteiger partial charge in [0.2, 0.25) is 0 Å². The number of hydrogen-bond acceptors (Lipinski definition) is 0. The zero-order valence-corrected chi connectivity index (χ0v) is 7.56. The Kier molecular flexibility index (Phi) is 2.76. The first-order chi connectivity index (χ1) is 4.79. The molecule has 0 N–H and O–H groups in total. The van der Waals surface area contributed by atoms with Crippen LogP contribution in [0.15, 0.2) is 0 Å². The molecule has 0 amide bonds. The minimum Gasteiger partial charge on any atom is -0.0654 e. The molecule has 1 rings (SSSR count). The molecule has 0 aromatic carbocycles. The van der Waals surface area contributed by atoms with Gasteiger partial charge >= 0.3 is 0 Å². The smallest absolute Gasteiger partial charge is 0.0357 e. The fourth-order valence-corrected chi connectivity index (χ4v) is 1.97. The zero-order chi connectivity index (χ0) is 7.56. The van der Waals surface area contributed by atoms with Gasteiger partial charge in [-0.25, -0.2) is 0 Å². The van der Waals surface area contributed by atoms with Gasteiger partial charge < -0.3 is 0 Å². The largest absolute Gasteiger partial charge is 0.0654 e. The van der Waals surface area contributed by atoms with Crippen LogP contribution in [0, 0.1) is 17.8 Å². The number of hydrogen-bond donors (Lipinski definition) is 0. The molecule has 1 aliphatic rings. The molecular formula is C10H20. The summed E-state index contributed by atoms with van der Waals surface area (Å²) in [5, 5.41) is 0. The lowest BCUT2D eigenvalue weighted by molar-refractivity contribution is 0.450. The summed E-state index contributed by atoms with van der Waals surface area (Å²) in [5.41, 5.74) is 0. The van der Waals surface area contributed by atoms with E-state index in [-0.39, 0.29) is 0 Å². The molecule has 3 unspecified atom stereocenters. The molecule has 0 radical (unpaired) electrons. The third kappa shape index (κ3) is 1.74. The Balaban J connectivity index is 2.12. The van der Waals surface area contributed by atoms with Crippen molar-refractivity contribution >= 4 is 0 Å². The highest BCUT2D eigenvalue weighted by molar-refractivity contribution is 4.88. The third-order valence-electron chi connectivity index (χ3n) is 3.01. The Hall–Kier alpha value is 0. The summed E-state index contributed by atoms with van der Waals surface area (Å²) in [4.78, 5) is 0. The van der Waals surface area contributed by atoms with Crippen molar-refractivity contribution in [1.82, 2.24) is 0 Å². The predicted octanol–water partition coefficient (Wildman–Crippen LogP) is 3.47. The summed E-state index contributed by atoms with van der Waals surface area (Å²) in [6.45, 7) is 7.01. The first-order valence-corrected chi connectivity index (χ1v) is 4.79. The summed E-state index contributed by atoms with van der Waals surface area (Å²) >= 11 is 0. The molecule has 1 fully saturated rings. The molecule has 0 aromatic rings. The monoisotopic (exact) mass is 140 g/mol. The summed E-state index contributed by atoms with van der Waals surface area (Å²) in [5.74, 6) is 3.21. The van der Waals surface area contributed by atoms with E-state index in [1.165, 1.54) is 25.7 Å². The van der Waals surface area contributed by atoms with Gasteiger partial charge in [-0.15, -0.1) is 0 Å². The Bertz CT molecular complexity index is 96.2. The maximum absolute atomic E-state index is 2.40. The van der Waals surface area contributed by atoms with Gasteiger partial charge in [0.05, 0.1) is 0 Å². The molecule has 0 aromatic heterocycles. The van der Waals surface area contributed by atoms with Crippen LogP contribution < -0.4 is 0 Å². The van der Waals surface area contributed by atoms with Crippen LogP contribution >= 0.6 is 0 Å². The topological polar surface area (TPSA) is 0 Å². The average Bonchev–Trinajstić information content (AvgIpc) is 2.67. The van der Waals surface area contributed by atoms with E-state index in [1.54, 1.807) is 0 Å². The molecule has 60 valence electrons. The quantitative estimate of drug-likeness (QED) is 0.561. The Morgan fingerprint density at radius 2 is 2.10 bits per heavy atom. The van der Waals surface area contributed by atoms with Crippen LogP contribution in [0.2, 0.25) is 0 Å². The van der Waals surface area contributed by atoms with E-state index in [2.05, 4.69) is 20.8 Å². The van der Waals surface area contributed by atoms with E-state index in [9.17, 15) is 0 Å². The maximum Gasteiger partial charge on any atom is -0.0357 e. The maximum atomic E-state index is 2.40. The SMILES string of the molecule is CCCC1CC1C(C)CC. The van der Waals surface area contributed by atoms with Gasteiger partial charge in [0.1, 0.15) is 0 Å². The second-order valence-corrected chi connectivity index (χ2v) is 3.83. The van der Waals surface area contributed by atoms with Crippen molar-refractivity contribution in [1.29, 1.82) is 0 Å². The van der Waals surface area contributed by atoms with Crippen molar-refractivity contribution in [2.75, 3.05) is 0 Å². The molecule has 10 heavy (non-hydrogen) atoms. The molecule has 0 nitrogen and oxygen atoms in total. The highest BCUT2D eigenvalue weighted by atomic mass is 14.4. The molecule has 0 bridgehead atoms. The van der Waals surface area contributed by atoms with E-state index in [1.807, 2.05) is 0 Å². The summed E-state index contributed by atoms with van der Waals surface area (Å²) in [7, 11) is 0. The van der Waals surface area contributed by atoms with E-state index in [0.717, 1.165) is 17.8 Å². The fraction of sp³-hybridized carbons (Fsp3) is 1.00. The first-order valence-electron chi connectivity index (χ1n) is 4.79. The predicted molar refractivity (Wildman–Crippen MR) is 46.0 cm³/mol. The zero-order valence-electron chi connectivity index (χ0n) is 7.56. The lowest BCUT2D eigenvalue weighted by Crippen LogP contribution is -1.96. The molecule has 1 aliphatic carbocycles. The Morgan fingerprint density at radius 3 is 2.60 bits per heavy atom. The molecule has 0 saturated heterocycles. The van der Waals surface area contributed by atoms with E-state index in [4.69, 9.17) is 0 Å². The van der Waals surface area contributed by atoms with Crippen LogP contribution in [-0.2, 0) is 0 Å². The second kappa shape index (κ2) is 3.41. The van der Waals surface area contributed by atoms with Gasteiger partial charge in [0, 0.05) is 0 Å². The summed E-state index contributed by atoms with van der Waals surface area (Å²) in [6.07, 6.45) is 5.78. The van der Waals surface area contributed by atoms with Crippen LogP contribution in [0.25, 0.3) is 0 Å². The van der Waals surface area contributed by atoms with Crippen molar-refractivity contribution in [3.63, 3.8) is 0 Å². The number of rotatable bonds is 4. The molecular weight excluding hydrogens is 120 g/mol. The van der Waals surface area contributed by atoms with Crippen molar-refractivity contribution in [3.8, 4) is 0 Å². The van der Waals surface area contributed by atoms with Crippen LogP contribution in [0.4, 0.5) is 0 Å². The highest BCUT2D eigenvalue weighted by Crippen LogP contribution is 2.47. The van der Waals surface area contributed by atoms with Crippen molar-refractivity contribution in [3.05, 3.63) is 0 Å². The Labute approximate surface area is 65.0 Å². The van der Waals surface area contributed by atoms with E-state index in [0.29, 0.717) is 0 Å². The van der Waals surface area contributed by atoms with Gasteiger partial charge in [0.15, 0.2) is 0 Å². The minimum absolute atomic E-state index is 0.997. The molecule has 0 heterocycles. The van der Waals surface area contributed by atoms with Gasteiger partial charge in [-0.1, -0.05) is 40.0 Å². The molecule has 0 heteroatoms. The van der Waals surface area contributed by atoms with Crippen LogP contribution in [0.1, 0.15) is 46.5 Å². The summed E-state index contributed by atoms with van der Waals surface area (Å²) in [6, 6.07) is 0. The van der Waals surface area contributed by atoms with Gasteiger partial charge in [0.25, 0.3) is 0 Å². The first kappa shape index (κ1) is 8.10. The lowest BCUT2D eigenvalue weighted by Gasteiger charge is -2.05. The van der Waals surface area contributed by atoms with Gasteiger partial charge in [-0.2, -0.15) is 0 Å². The minimum atomic E-state index is 0.997. The molecule has 1 saturated carbocycles. The Morgan fingerprint density at radius 1 is 1.40 bits per heavy atom. The van der Waals surface area contributed by atoms with Gasteiger partial charge in [-0.3, -0.25) is 0 Å². The normalized spacial score (nSPS) is 33.9. The van der Waals surface area contributed by atoms with Crippen LogP contribution in [0.5, 0.6) is 0 Å². The fourth-order valence-electron chi connectivity index (χ4n) is 1.97. The van der Waals surface area contributed by atoms with Crippen molar-refractivity contribution < 1.29 is 0 Å². The van der Waals surface area contributed by atoms with E-state index < -0.39 is 0 Å². The lowest BCUT2D eigenvalue weighted by atomic mass is 10.0. The van der Waals surface area contributed by atoms with Gasteiger partial charge in [-0.05, 0) is 24.2 Å². The second-order valence-electron chi connectivity index (χ2n) is 3.83.